The predicted molar refractivity (Wildman–Crippen MR) is 99.2 cm³/mol. The number of carbonyl (C=O) groups is 3. The SMILES string of the molecule is CCNC(=O)C(Cc1ccc(OC(COO)COO)cc1)NC(=O)CCC(=O)O. The van der Waals surface area contributed by atoms with Crippen molar-refractivity contribution in [2.75, 3.05) is 19.8 Å². The van der Waals surface area contributed by atoms with Crippen molar-refractivity contribution in [2.24, 2.45) is 0 Å². The highest BCUT2D eigenvalue weighted by Crippen LogP contribution is 2.16. The van der Waals surface area contributed by atoms with Crippen LogP contribution < -0.4 is 15.4 Å². The van der Waals surface area contributed by atoms with Crippen molar-refractivity contribution in [2.45, 2.75) is 38.3 Å². The molecule has 2 amide bonds. The van der Waals surface area contributed by atoms with Gasteiger partial charge in [0, 0.05) is 19.4 Å². The predicted octanol–water partition coefficient (Wildman–Crippen LogP) is 0.441. The average molecular weight is 414 g/mol. The first-order chi connectivity index (χ1) is 13.9. The minimum absolute atomic E-state index is 0.188. The van der Waals surface area contributed by atoms with E-state index in [4.69, 9.17) is 20.4 Å². The van der Waals surface area contributed by atoms with E-state index in [1.807, 2.05) is 0 Å². The van der Waals surface area contributed by atoms with Crippen molar-refractivity contribution in [3.05, 3.63) is 29.8 Å². The molecule has 1 aromatic rings. The maximum absolute atomic E-state index is 12.2. The molecular formula is C18H26N2O9. The van der Waals surface area contributed by atoms with Crippen molar-refractivity contribution in [1.82, 2.24) is 10.6 Å². The van der Waals surface area contributed by atoms with Crippen LogP contribution in [0.2, 0.25) is 0 Å². The third kappa shape index (κ3) is 9.85. The number of amides is 2. The van der Waals surface area contributed by atoms with E-state index >= 15 is 0 Å². The summed E-state index contributed by atoms with van der Waals surface area (Å²) < 4.78 is 5.49. The summed E-state index contributed by atoms with van der Waals surface area (Å²) in [6.07, 6.45) is -1.10. The molecule has 29 heavy (non-hydrogen) atoms. The van der Waals surface area contributed by atoms with E-state index in [0.29, 0.717) is 12.3 Å². The number of hydrogen-bond acceptors (Lipinski definition) is 8. The Bertz CT molecular complexity index is 645. The monoisotopic (exact) mass is 414 g/mol. The smallest absolute Gasteiger partial charge is 0.303 e. The van der Waals surface area contributed by atoms with Crippen molar-refractivity contribution >= 4 is 17.8 Å². The fourth-order valence-corrected chi connectivity index (χ4v) is 2.41. The van der Waals surface area contributed by atoms with E-state index in [2.05, 4.69) is 20.4 Å². The van der Waals surface area contributed by atoms with Crippen LogP contribution in [0.1, 0.15) is 25.3 Å². The lowest BCUT2D eigenvalue weighted by atomic mass is 10.0. The van der Waals surface area contributed by atoms with Crippen LogP contribution in [0, 0.1) is 0 Å². The van der Waals surface area contributed by atoms with Crippen LogP contribution in [-0.4, -0.2) is 65.3 Å². The summed E-state index contributed by atoms with van der Waals surface area (Å²) in [6.45, 7) is 1.69. The van der Waals surface area contributed by atoms with Crippen LogP contribution in [-0.2, 0) is 30.6 Å². The molecule has 1 rings (SSSR count). The number of nitrogens with one attached hydrogen (secondary N) is 2. The van der Waals surface area contributed by atoms with E-state index in [1.54, 1.807) is 31.2 Å². The number of likely N-dealkylation sites (N-methyl/N-ethyl adjacent to an activating group) is 1. The summed E-state index contributed by atoms with van der Waals surface area (Å²) in [5.74, 6) is -1.59. The van der Waals surface area contributed by atoms with E-state index in [-0.39, 0.29) is 38.4 Å². The number of ether oxygens (including phenoxy) is 1. The Hall–Kier alpha value is -2.73. The molecule has 0 aliphatic carbocycles. The van der Waals surface area contributed by atoms with Gasteiger partial charge < -0.3 is 20.5 Å². The van der Waals surface area contributed by atoms with Gasteiger partial charge in [-0.3, -0.25) is 24.9 Å². The van der Waals surface area contributed by atoms with Crippen LogP contribution in [0.5, 0.6) is 5.75 Å². The van der Waals surface area contributed by atoms with Crippen molar-refractivity contribution in [1.29, 1.82) is 0 Å². The average Bonchev–Trinajstić information content (AvgIpc) is 2.68. The molecule has 162 valence electrons. The minimum atomic E-state index is -1.10. The highest BCUT2D eigenvalue weighted by atomic mass is 17.1. The first-order valence-electron chi connectivity index (χ1n) is 8.96. The molecule has 1 aromatic carbocycles. The normalized spacial score (nSPS) is 11.7. The summed E-state index contributed by atoms with van der Waals surface area (Å²) in [5.41, 5.74) is 0.723. The third-order valence-corrected chi connectivity index (χ3v) is 3.76. The number of aliphatic carboxylic acids is 1. The Labute approximate surface area is 167 Å². The van der Waals surface area contributed by atoms with Gasteiger partial charge in [-0.2, -0.15) is 0 Å². The molecule has 11 heteroatoms. The fraction of sp³-hybridized carbons (Fsp3) is 0.500. The van der Waals surface area contributed by atoms with Crippen LogP contribution in [0.4, 0.5) is 0 Å². The molecule has 0 aromatic heterocycles. The number of carboxylic acids is 1. The summed E-state index contributed by atoms with van der Waals surface area (Å²) >= 11 is 0. The Balaban J connectivity index is 2.75. The van der Waals surface area contributed by atoms with E-state index in [9.17, 15) is 14.4 Å². The molecule has 0 fully saturated rings. The summed E-state index contributed by atoms with van der Waals surface area (Å²) in [7, 11) is 0. The zero-order valence-electron chi connectivity index (χ0n) is 16.0. The second-order valence-corrected chi connectivity index (χ2v) is 6.09. The zero-order valence-corrected chi connectivity index (χ0v) is 16.0. The quantitative estimate of drug-likeness (QED) is 0.215. The summed E-state index contributed by atoms with van der Waals surface area (Å²) in [6, 6.07) is 5.72. The Morgan fingerprint density at radius 3 is 2.17 bits per heavy atom. The summed E-state index contributed by atoms with van der Waals surface area (Å²) in [4.78, 5) is 42.7. The number of benzene rings is 1. The fourth-order valence-electron chi connectivity index (χ4n) is 2.41. The maximum atomic E-state index is 12.2. The Kier molecular flexibility index (Phi) is 11.3. The number of hydrogen-bond donors (Lipinski definition) is 5. The topological polar surface area (TPSA) is 164 Å². The number of carboxylic acid groups (broad SMARTS) is 1. The highest BCUT2D eigenvalue weighted by molar-refractivity contribution is 5.88. The molecular weight excluding hydrogens is 388 g/mol. The molecule has 5 N–H and O–H groups in total. The lowest BCUT2D eigenvalue weighted by Crippen LogP contribution is -2.48. The van der Waals surface area contributed by atoms with Crippen molar-refractivity contribution in [3.8, 4) is 5.75 Å². The van der Waals surface area contributed by atoms with Gasteiger partial charge in [0.1, 0.15) is 25.0 Å². The first kappa shape index (κ1) is 24.3. The van der Waals surface area contributed by atoms with Crippen LogP contribution >= 0.6 is 0 Å². The van der Waals surface area contributed by atoms with Crippen molar-refractivity contribution < 1.29 is 44.5 Å². The molecule has 0 heterocycles. The molecule has 0 aliphatic rings. The lowest BCUT2D eigenvalue weighted by Gasteiger charge is -2.19. The number of rotatable bonds is 14. The molecule has 0 radical (unpaired) electrons. The van der Waals surface area contributed by atoms with E-state index < -0.39 is 24.0 Å². The minimum Gasteiger partial charge on any atom is -0.485 e. The highest BCUT2D eigenvalue weighted by Gasteiger charge is 2.21. The zero-order chi connectivity index (χ0) is 21.6. The second kappa shape index (κ2) is 13.4. The molecule has 0 bridgehead atoms. The molecule has 0 saturated heterocycles. The maximum Gasteiger partial charge on any atom is 0.303 e. The Morgan fingerprint density at radius 2 is 1.66 bits per heavy atom. The van der Waals surface area contributed by atoms with Gasteiger partial charge in [-0.1, -0.05) is 12.1 Å². The molecule has 1 unspecified atom stereocenters. The first-order valence-corrected chi connectivity index (χ1v) is 8.96. The van der Waals surface area contributed by atoms with Crippen molar-refractivity contribution in [3.63, 3.8) is 0 Å². The lowest BCUT2D eigenvalue weighted by molar-refractivity contribution is -0.286. The molecule has 0 spiro atoms. The van der Waals surface area contributed by atoms with Gasteiger partial charge in [0.05, 0.1) is 6.42 Å². The van der Waals surface area contributed by atoms with Gasteiger partial charge in [0.25, 0.3) is 0 Å². The van der Waals surface area contributed by atoms with Gasteiger partial charge in [0.2, 0.25) is 11.8 Å². The van der Waals surface area contributed by atoms with Crippen LogP contribution in [0.3, 0.4) is 0 Å². The second-order valence-electron chi connectivity index (χ2n) is 6.09. The molecule has 1 atom stereocenters. The van der Waals surface area contributed by atoms with Gasteiger partial charge in [0.15, 0.2) is 6.10 Å². The van der Waals surface area contributed by atoms with Gasteiger partial charge in [-0.25, -0.2) is 9.78 Å². The third-order valence-electron chi connectivity index (χ3n) is 3.76. The molecule has 0 saturated carbocycles. The standard InChI is InChI=1S/C18H26N2O9/c1-2-19-18(24)15(20-16(21)7-8-17(22)23)9-12-3-5-13(6-4-12)29-14(10-27-25)11-28-26/h3-6,14-15,25-26H,2,7-11H2,1H3,(H,19,24)(H,20,21)(H,22,23). The number of carbonyl (C=O) groups excluding carboxylic acids is 2. The van der Waals surface area contributed by atoms with Gasteiger partial charge in [-0.05, 0) is 24.6 Å². The summed E-state index contributed by atoms with van der Waals surface area (Å²) in [5, 5.41) is 30.8. The molecule has 0 aliphatic heterocycles. The van der Waals surface area contributed by atoms with Crippen LogP contribution in [0.25, 0.3) is 0 Å². The Morgan fingerprint density at radius 1 is 1.03 bits per heavy atom. The molecule has 11 nitrogen and oxygen atoms in total. The van der Waals surface area contributed by atoms with Crippen LogP contribution in [0.15, 0.2) is 24.3 Å². The largest absolute Gasteiger partial charge is 0.485 e. The van der Waals surface area contributed by atoms with E-state index in [1.165, 1.54) is 0 Å². The van der Waals surface area contributed by atoms with E-state index in [0.717, 1.165) is 5.56 Å². The van der Waals surface area contributed by atoms with Gasteiger partial charge >= 0.3 is 5.97 Å². The van der Waals surface area contributed by atoms with Gasteiger partial charge in [-0.15, -0.1) is 0 Å².